The van der Waals surface area contributed by atoms with E-state index in [4.69, 9.17) is 4.84 Å². The molecule has 0 saturated heterocycles. The van der Waals surface area contributed by atoms with Crippen molar-refractivity contribution in [2.45, 2.75) is 37.8 Å². The zero-order valence-electron chi connectivity index (χ0n) is 11.6. The summed E-state index contributed by atoms with van der Waals surface area (Å²) in [6, 6.07) is 0.882. The highest BCUT2D eigenvalue weighted by molar-refractivity contribution is 5.74. The summed E-state index contributed by atoms with van der Waals surface area (Å²) in [6.45, 7) is 0.683. The molecule has 0 radical (unpaired) electrons. The molecule has 19 heavy (non-hydrogen) atoms. The summed E-state index contributed by atoms with van der Waals surface area (Å²) < 4.78 is 2.16. The van der Waals surface area contributed by atoms with Crippen LogP contribution >= 0.6 is 0 Å². The average molecular weight is 266 g/mol. The predicted octanol–water partition coefficient (Wildman–Crippen LogP) is 0.976. The molecule has 6 nitrogen and oxygen atoms in total. The van der Waals surface area contributed by atoms with Gasteiger partial charge in [0, 0.05) is 44.5 Å². The third-order valence-corrected chi connectivity index (χ3v) is 3.76. The summed E-state index contributed by atoms with van der Waals surface area (Å²) in [5.74, 6) is -0.00724. The zero-order chi connectivity index (χ0) is 13.7. The fourth-order valence-corrected chi connectivity index (χ4v) is 2.62. The van der Waals surface area contributed by atoms with Crippen molar-refractivity contribution in [3.05, 3.63) is 18.7 Å². The van der Waals surface area contributed by atoms with Gasteiger partial charge in [-0.05, 0) is 19.3 Å². The first-order valence-corrected chi connectivity index (χ1v) is 6.74. The molecule has 1 aliphatic rings. The lowest BCUT2D eigenvalue weighted by atomic mass is 10.1. The number of hydroxylamine groups is 2. The smallest absolute Gasteiger partial charge is 0.247 e. The number of imidazole rings is 1. The molecule has 1 saturated carbocycles. The maximum atomic E-state index is 11.6. The number of amides is 1. The number of carbonyl (C=O) groups excluding carboxylic acids is 1. The highest BCUT2D eigenvalue weighted by Crippen LogP contribution is 2.29. The standard InChI is InChI=1S/C13H22N4O2/c1-16(19-2)13(18)6-7-15-11-4-3-5-12(11)17-9-8-14-10-17/h8-12,15H,3-7H2,1-2H3/t11-,12+/m1/s1. The number of hydrogen-bond acceptors (Lipinski definition) is 4. The predicted molar refractivity (Wildman–Crippen MR) is 71.3 cm³/mol. The Hall–Kier alpha value is -1.40. The molecule has 1 N–H and O–H groups in total. The molecule has 1 fully saturated rings. The molecule has 1 aliphatic carbocycles. The number of hydrogen-bond donors (Lipinski definition) is 1. The Bertz CT molecular complexity index is 393. The Morgan fingerprint density at radius 3 is 3.11 bits per heavy atom. The fourth-order valence-electron chi connectivity index (χ4n) is 2.62. The Morgan fingerprint density at radius 1 is 1.58 bits per heavy atom. The van der Waals surface area contributed by atoms with Gasteiger partial charge in [-0.2, -0.15) is 0 Å². The fraction of sp³-hybridized carbons (Fsp3) is 0.692. The van der Waals surface area contributed by atoms with E-state index < -0.39 is 0 Å². The Morgan fingerprint density at radius 2 is 2.42 bits per heavy atom. The van der Waals surface area contributed by atoms with Crippen LogP contribution in [0.1, 0.15) is 31.7 Å². The highest BCUT2D eigenvalue weighted by Gasteiger charge is 2.27. The van der Waals surface area contributed by atoms with Gasteiger partial charge in [-0.25, -0.2) is 10.0 Å². The van der Waals surface area contributed by atoms with Crippen LogP contribution < -0.4 is 5.32 Å². The van der Waals surface area contributed by atoms with Crippen LogP contribution in [0.4, 0.5) is 0 Å². The van der Waals surface area contributed by atoms with E-state index in [-0.39, 0.29) is 5.91 Å². The first kappa shape index (κ1) is 14.0. The summed E-state index contributed by atoms with van der Waals surface area (Å²) in [5, 5.41) is 4.75. The molecular weight excluding hydrogens is 244 g/mol. The normalized spacial score (nSPS) is 22.6. The Kier molecular flexibility index (Phi) is 4.93. The van der Waals surface area contributed by atoms with Gasteiger partial charge in [0.2, 0.25) is 5.91 Å². The van der Waals surface area contributed by atoms with Crippen LogP contribution in [0.15, 0.2) is 18.7 Å². The van der Waals surface area contributed by atoms with E-state index in [1.807, 2.05) is 18.7 Å². The molecule has 6 heteroatoms. The Labute approximate surface area is 113 Å². The van der Waals surface area contributed by atoms with E-state index in [0.29, 0.717) is 25.0 Å². The van der Waals surface area contributed by atoms with Crippen molar-refractivity contribution >= 4 is 5.91 Å². The van der Waals surface area contributed by atoms with E-state index in [1.54, 1.807) is 7.05 Å². The van der Waals surface area contributed by atoms with Crippen LogP contribution in [0.5, 0.6) is 0 Å². The SMILES string of the molecule is CON(C)C(=O)CCN[C@@H]1CCC[C@@H]1n1ccnc1. The number of rotatable bonds is 6. The van der Waals surface area contributed by atoms with Crippen molar-refractivity contribution in [2.24, 2.45) is 0 Å². The number of nitrogens with zero attached hydrogens (tertiary/aromatic N) is 3. The molecule has 2 rings (SSSR count). The zero-order valence-corrected chi connectivity index (χ0v) is 11.6. The summed E-state index contributed by atoms with van der Waals surface area (Å²) in [7, 11) is 3.13. The molecule has 0 spiro atoms. The molecule has 1 aromatic rings. The van der Waals surface area contributed by atoms with E-state index in [9.17, 15) is 4.79 Å². The molecule has 1 amide bonds. The van der Waals surface area contributed by atoms with E-state index >= 15 is 0 Å². The van der Waals surface area contributed by atoms with Gasteiger partial charge in [-0.3, -0.25) is 9.63 Å². The summed E-state index contributed by atoms with van der Waals surface area (Å²) >= 11 is 0. The summed E-state index contributed by atoms with van der Waals surface area (Å²) in [6.07, 6.45) is 9.68. The number of carbonyl (C=O) groups is 1. The van der Waals surface area contributed by atoms with Crippen molar-refractivity contribution < 1.29 is 9.63 Å². The van der Waals surface area contributed by atoms with Crippen LogP contribution in [-0.2, 0) is 9.63 Å². The average Bonchev–Trinajstić information content (AvgIpc) is 3.07. The maximum Gasteiger partial charge on any atom is 0.247 e. The van der Waals surface area contributed by atoms with E-state index in [0.717, 1.165) is 6.42 Å². The molecule has 0 aromatic carbocycles. The molecule has 0 unspecified atom stereocenters. The lowest BCUT2D eigenvalue weighted by molar-refractivity contribution is -0.168. The van der Waals surface area contributed by atoms with Gasteiger partial charge in [0.15, 0.2) is 0 Å². The molecule has 106 valence electrons. The van der Waals surface area contributed by atoms with Gasteiger partial charge in [0.05, 0.1) is 13.4 Å². The number of nitrogens with one attached hydrogen (secondary N) is 1. The van der Waals surface area contributed by atoms with Gasteiger partial charge < -0.3 is 9.88 Å². The van der Waals surface area contributed by atoms with Gasteiger partial charge in [-0.15, -0.1) is 0 Å². The Balaban J connectivity index is 1.78. The molecule has 1 heterocycles. The second-order valence-electron chi connectivity index (χ2n) is 4.89. The molecule has 0 aliphatic heterocycles. The third-order valence-electron chi connectivity index (χ3n) is 3.76. The van der Waals surface area contributed by atoms with Crippen molar-refractivity contribution in [1.82, 2.24) is 19.9 Å². The van der Waals surface area contributed by atoms with Crippen molar-refractivity contribution in [3.63, 3.8) is 0 Å². The summed E-state index contributed by atoms with van der Waals surface area (Å²) in [5.41, 5.74) is 0. The van der Waals surface area contributed by atoms with Crippen molar-refractivity contribution in [1.29, 1.82) is 0 Å². The van der Waals surface area contributed by atoms with Crippen LogP contribution in [0.2, 0.25) is 0 Å². The minimum Gasteiger partial charge on any atom is -0.333 e. The quantitative estimate of drug-likeness (QED) is 0.780. The first-order chi connectivity index (χ1) is 9.22. The topological polar surface area (TPSA) is 59.4 Å². The minimum atomic E-state index is -0.00724. The van der Waals surface area contributed by atoms with Crippen LogP contribution in [0, 0.1) is 0 Å². The monoisotopic (exact) mass is 266 g/mol. The van der Waals surface area contributed by atoms with Gasteiger partial charge >= 0.3 is 0 Å². The van der Waals surface area contributed by atoms with Gasteiger partial charge in [0.1, 0.15) is 0 Å². The van der Waals surface area contributed by atoms with Gasteiger partial charge in [0.25, 0.3) is 0 Å². The molecular formula is C13H22N4O2. The molecule has 1 aromatic heterocycles. The third kappa shape index (κ3) is 3.54. The maximum absolute atomic E-state index is 11.6. The van der Waals surface area contributed by atoms with Crippen LogP contribution in [0.3, 0.4) is 0 Å². The second kappa shape index (κ2) is 6.68. The largest absolute Gasteiger partial charge is 0.333 e. The first-order valence-electron chi connectivity index (χ1n) is 6.74. The second-order valence-corrected chi connectivity index (χ2v) is 4.89. The lowest BCUT2D eigenvalue weighted by Crippen LogP contribution is -2.36. The van der Waals surface area contributed by atoms with Gasteiger partial charge in [-0.1, -0.05) is 0 Å². The van der Waals surface area contributed by atoms with Crippen molar-refractivity contribution in [3.8, 4) is 0 Å². The van der Waals surface area contributed by atoms with E-state index in [2.05, 4.69) is 14.9 Å². The number of aromatic nitrogens is 2. The summed E-state index contributed by atoms with van der Waals surface area (Å²) in [4.78, 5) is 20.6. The van der Waals surface area contributed by atoms with Crippen LogP contribution in [0.25, 0.3) is 0 Å². The van der Waals surface area contributed by atoms with Crippen molar-refractivity contribution in [2.75, 3.05) is 20.7 Å². The van der Waals surface area contributed by atoms with Crippen LogP contribution in [-0.4, -0.2) is 47.3 Å². The minimum absolute atomic E-state index is 0.00724. The highest BCUT2D eigenvalue weighted by atomic mass is 16.7. The molecule has 2 atom stereocenters. The van der Waals surface area contributed by atoms with E-state index in [1.165, 1.54) is 25.0 Å². The molecule has 0 bridgehead atoms. The lowest BCUT2D eigenvalue weighted by Gasteiger charge is -2.22.